The van der Waals surface area contributed by atoms with Gasteiger partial charge < -0.3 is 18.3 Å². The molecular weight excluding hydrogens is 1110 g/mol. The van der Waals surface area contributed by atoms with Crippen LogP contribution in [0.5, 0.6) is 0 Å². The number of aryl methyl sites for hydroxylation is 2. The largest absolute Gasteiger partial charge is 0.344 e. The van der Waals surface area contributed by atoms with E-state index in [9.17, 15) is 0 Å². The van der Waals surface area contributed by atoms with E-state index in [0.717, 1.165) is 12.8 Å². The van der Waals surface area contributed by atoms with E-state index in [1.54, 1.807) is 0 Å². The van der Waals surface area contributed by atoms with Gasteiger partial charge in [-0.05, 0) is 205 Å². The third-order valence-electron chi connectivity index (χ3n) is 20.3. The molecule has 18 aromatic rings. The van der Waals surface area contributed by atoms with Crippen LogP contribution in [-0.4, -0.2) is 18.3 Å². The molecule has 0 atom stereocenters. The van der Waals surface area contributed by atoms with Crippen LogP contribution in [0.4, 0.5) is 0 Å². The standard InChI is InChI=1S/2C44H30N2/c1-45-41-18-6-4-14-36(41)39-25-28(20-22-42(39)45)29-21-23-44-40(26-29)37-15-5-7-19-43(37)46(44)32-12-8-11-30(24-32)34-16-9-17-35-33-13-3-2-10-31(33)27-38(34)35;1-45-41-15-6-4-13-36(41)39-26-30(19-21-42(39)45)31-20-22-44-40(27-31)37-14-5-7-16-43(37)46(44)34-11-8-10-28(24-34)29-17-18-33-23-32-9-2-3-12-35(32)38(33)25-29/h2-26H,27H2,1H3;2-22,24-27H,23H2,1H3. The topological polar surface area (TPSA) is 19.7 Å². The molecule has 0 N–H and O–H groups in total. The maximum atomic E-state index is 2.43. The number of rotatable bonds is 6. The molecule has 92 heavy (non-hydrogen) atoms. The van der Waals surface area contributed by atoms with Crippen molar-refractivity contribution in [3.05, 3.63) is 326 Å². The van der Waals surface area contributed by atoms with Crippen LogP contribution in [0.1, 0.15) is 22.3 Å². The second-order valence-electron chi connectivity index (χ2n) is 25.3. The molecule has 0 amide bonds. The van der Waals surface area contributed by atoms with Crippen molar-refractivity contribution in [2.24, 2.45) is 14.1 Å². The number of aromatic nitrogens is 4. The molecule has 0 bridgehead atoms. The minimum atomic E-state index is 0.981. The van der Waals surface area contributed by atoms with Gasteiger partial charge in [0.15, 0.2) is 0 Å². The van der Waals surface area contributed by atoms with Crippen molar-refractivity contribution in [2.75, 3.05) is 0 Å². The summed E-state index contributed by atoms with van der Waals surface area (Å²) < 4.78 is 9.45. The summed E-state index contributed by atoms with van der Waals surface area (Å²) in [6.45, 7) is 0. The van der Waals surface area contributed by atoms with Crippen LogP contribution in [0.15, 0.2) is 303 Å². The van der Waals surface area contributed by atoms with E-state index in [2.05, 4.69) is 336 Å². The Morgan fingerprint density at radius 2 is 0.543 bits per heavy atom. The van der Waals surface area contributed by atoms with Crippen molar-refractivity contribution in [1.29, 1.82) is 0 Å². The first kappa shape index (κ1) is 52.2. The third kappa shape index (κ3) is 8.03. The molecule has 0 saturated heterocycles. The van der Waals surface area contributed by atoms with Gasteiger partial charge in [0.2, 0.25) is 0 Å². The van der Waals surface area contributed by atoms with Gasteiger partial charge in [-0.15, -0.1) is 0 Å². The highest BCUT2D eigenvalue weighted by molar-refractivity contribution is 6.14. The van der Waals surface area contributed by atoms with Gasteiger partial charge in [-0.1, -0.05) is 200 Å². The van der Waals surface area contributed by atoms with Crippen LogP contribution >= 0.6 is 0 Å². The molecule has 0 unspecified atom stereocenters. The molecule has 20 rings (SSSR count). The van der Waals surface area contributed by atoms with Gasteiger partial charge in [-0.25, -0.2) is 0 Å². The molecule has 4 nitrogen and oxygen atoms in total. The van der Waals surface area contributed by atoms with Gasteiger partial charge >= 0.3 is 0 Å². The Morgan fingerprint density at radius 1 is 0.207 bits per heavy atom. The van der Waals surface area contributed by atoms with Gasteiger partial charge in [0, 0.05) is 90.6 Å². The maximum absolute atomic E-state index is 2.43. The molecule has 2 aliphatic carbocycles. The normalized spacial score (nSPS) is 12.4. The Balaban J connectivity index is 0.000000132. The summed E-state index contributed by atoms with van der Waals surface area (Å²) in [4.78, 5) is 0. The van der Waals surface area contributed by atoms with E-state index < -0.39 is 0 Å². The molecule has 0 spiro atoms. The number of para-hydroxylation sites is 4. The molecule has 14 aromatic carbocycles. The van der Waals surface area contributed by atoms with Crippen LogP contribution in [0.2, 0.25) is 0 Å². The molecule has 0 saturated carbocycles. The van der Waals surface area contributed by atoms with Crippen LogP contribution in [0, 0.1) is 0 Å². The van der Waals surface area contributed by atoms with E-state index in [4.69, 9.17) is 0 Å². The Morgan fingerprint density at radius 3 is 1.10 bits per heavy atom. The quantitative estimate of drug-likeness (QED) is 0.158. The van der Waals surface area contributed by atoms with E-state index in [1.165, 1.54) is 188 Å². The molecule has 4 heteroatoms. The second kappa shape index (κ2) is 20.4. The average Bonchev–Trinajstić information content (AvgIpc) is 1.65. The van der Waals surface area contributed by atoms with Crippen molar-refractivity contribution in [3.63, 3.8) is 0 Å². The highest BCUT2D eigenvalue weighted by atomic mass is 15.0. The predicted octanol–water partition coefficient (Wildman–Crippen LogP) is 22.7. The highest BCUT2D eigenvalue weighted by Gasteiger charge is 2.24. The first-order chi connectivity index (χ1) is 45.4. The zero-order chi connectivity index (χ0) is 60.7. The van der Waals surface area contributed by atoms with Crippen molar-refractivity contribution in [3.8, 4) is 78.1 Å². The first-order valence-corrected chi connectivity index (χ1v) is 32.1. The lowest BCUT2D eigenvalue weighted by molar-refractivity contribution is 1.01. The average molecular weight is 1170 g/mol. The Hall–Kier alpha value is -11.7. The Labute approximate surface area is 533 Å². The van der Waals surface area contributed by atoms with E-state index >= 15 is 0 Å². The summed E-state index contributed by atoms with van der Waals surface area (Å²) in [5.74, 6) is 0. The highest BCUT2D eigenvalue weighted by Crippen LogP contribution is 2.45. The van der Waals surface area contributed by atoms with Crippen molar-refractivity contribution in [2.45, 2.75) is 12.8 Å². The van der Waals surface area contributed by atoms with Crippen LogP contribution < -0.4 is 0 Å². The fourth-order valence-corrected chi connectivity index (χ4v) is 15.9. The maximum Gasteiger partial charge on any atom is 0.0541 e. The predicted molar refractivity (Wildman–Crippen MR) is 388 cm³/mol. The minimum absolute atomic E-state index is 0.981. The van der Waals surface area contributed by atoms with Crippen molar-refractivity contribution >= 4 is 87.2 Å². The van der Waals surface area contributed by atoms with Crippen LogP contribution in [0.3, 0.4) is 0 Å². The van der Waals surface area contributed by atoms with Crippen LogP contribution in [-0.2, 0) is 26.9 Å². The lowest BCUT2D eigenvalue weighted by Crippen LogP contribution is -1.95. The summed E-state index contributed by atoms with van der Waals surface area (Å²) in [5.41, 5.74) is 33.4. The van der Waals surface area contributed by atoms with Gasteiger partial charge in [-0.3, -0.25) is 0 Å². The summed E-state index contributed by atoms with van der Waals surface area (Å²) in [7, 11) is 4.31. The molecular formula is C88H60N4. The number of nitrogens with zero attached hydrogens (tertiary/aromatic N) is 4. The van der Waals surface area contributed by atoms with Crippen molar-refractivity contribution in [1.82, 2.24) is 18.3 Å². The van der Waals surface area contributed by atoms with E-state index in [-0.39, 0.29) is 0 Å². The van der Waals surface area contributed by atoms with Gasteiger partial charge in [0.05, 0.1) is 22.1 Å². The number of hydrogen-bond donors (Lipinski definition) is 0. The fourth-order valence-electron chi connectivity index (χ4n) is 15.9. The summed E-state index contributed by atoms with van der Waals surface area (Å²) in [6.07, 6.45) is 2.00. The molecule has 4 aromatic heterocycles. The Kier molecular flexibility index (Phi) is 11.6. The van der Waals surface area contributed by atoms with E-state index in [1.807, 2.05) is 0 Å². The van der Waals surface area contributed by atoms with Gasteiger partial charge in [0.25, 0.3) is 0 Å². The number of benzene rings is 14. The SMILES string of the molecule is Cn1c2ccccc2c2cc(-c3ccc4c(c3)c3ccccc3n4-c3cccc(-c4ccc5c(c4)-c4ccccc4C5)c3)ccc21.Cn1c2ccccc2c2cc(-c3ccc4c(c3)c3ccccc3n4-c3cccc(-c4cccc5c4Cc4ccccc4-5)c3)ccc21. The third-order valence-corrected chi connectivity index (χ3v) is 20.3. The molecule has 0 fully saturated rings. The monoisotopic (exact) mass is 1170 g/mol. The number of hydrogen-bond acceptors (Lipinski definition) is 0. The summed E-state index contributed by atoms with van der Waals surface area (Å²) >= 11 is 0. The Bertz CT molecular complexity index is 6100. The molecule has 0 radical (unpaired) electrons. The lowest BCUT2D eigenvalue weighted by atomic mass is 9.95. The van der Waals surface area contributed by atoms with E-state index in [0.29, 0.717) is 0 Å². The zero-order valence-electron chi connectivity index (χ0n) is 51.1. The molecule has 2 aliphatic rings. The van der Waals surface area contributed by atoms with Crippen LogP contribution in [0.25, 0.3) is 165 Å². The zero-order valence-corrected chi connectivity index (χ0v) is 51.1. The van der Waals surface area contributed by atoms with Crippen molar-refractivity contribution < 1.29 is 0 Å². The summed E-state index contributed by atoms with van der Waals surface area (Å²) in [5, 5.41) is 10.3. The molecule has 0 aliphatic heterocycles. The molecule has 4 heterocycles. The van der Waals surface area contributed by atoms with Gasteiger partial charge in [-0.2, -0.15) is 0 Å². The minimum Gasteiger partial charge on any atom is -0.344 e. The van der Waals surface area contributed by atoms with Gasteiger partial charge in [0.1, 0.15) is 0 Å². The molecule has 432 valence electrons. The fraction of sp³-hybridized carbons (Fsp3) is 0.0455. The second-order valence-corrected chi connectivity index (χ2v) is 25.3. The summed E-state index contributed by atoms with van der Waals surface area (Å²) in [6, 6.07) is 112. The number of fused-ring (bicyclic) bond motifs is 18. The lowest BCUT2D eigenvalue weighted by Gasteiger charge is -2.13. The smallest absolute Gasteiger partial charge is 0.0541 e. The first-order valence-electron chi connectivity index (χ1n) is 32.1.